The number of piperidine rings is 1. The fraction of sp³-hybridized carbons (Fsp3) is 0.538. The average Bonchev–Trinajstić information content (AvgIpc) is 2.40. The van der Waals surface area contributed by atoms with E-state index in [1.807, 2.05) is 7.05 Å². The van der Waals surface area contributed by atoms with Gasteiger partial charge in [0.05, 0.1) is 5.02 Å². The molecule has 1 aromatic rings. The first-order valence-electron chi connectivity index (χ1n) is 6.62. The van der Waals surface area contributed by atoms with Gasteiger partial charge in [-0.2, -0.15) is 0 Å². The molecule has 7 heteroatoms. The molecule has 1 aliphatic heterocycles. The summed E-state index contributed by atoms with van der Waals surface area (Å²) in [4.78, 5) is 2.31. The molecule has 1 heterocycles. The second-order valence-corrected chi connectivity index (χ2v) is 7.26. The van der Waals surface area contributed by atoms with Crippen LogP contribution in [0.2, 0.25) is 5.02 Å². The van der Waals surface area contributed by atoms with E-state index in [4.69, 9.17) is 17.3 Å². The lowest BCUT2D eigenvalue weighted by molar-refractivity contribution is 0.248. The Hall–Kier alpha value is -0.660. The third kappa shape index (κ3) is 3.71. The molecule has 0 atom stereocenters. The normalized spacial score (nSPS) is 18.4. The molecule has 0 amide bonds. The monoisotopic (exact) mass is 317 g/mol. The number of hydrogen-bond donors (Lipinski definition) is 2. The fourth-order valence-corrected chi connectivity index (χ4v) is 4.17. The third-order valence-corrected chi connectivity index (χ3v) is 5.57. The van der Waals surface area contributed by atoms with Gasteiger partial charge in [0.2, 0.25) is 10.0 Å². The van der Waals surface area contributed by atoms with Gasteiger partial charge in [0.25, 0.3) is 0 Å². The first-order chi connectivity index (χ1) is 9.42. The highest BCUT2D eigenvalue weighted by Crippen LogP contribution is 2.23. The Morgan fingerprint density at radius 3 is 2.60 bits per heavy atom. The van der Waals surface area contributed by atoms with Gasteiger partial charge in [-0.1, -0.05) is 17.7 Å². The highest BCUT2D eigenvalue weighted by Gasteiger charge is 2.25. The highest BCUT2D eigenvalue weighted by molar-refractivity contribution is 7.89. The van der Waals surface area contributed by atoms with Gasteiger partial charge in [0.1, 0.15) is 4.90 Å². The van der Waals surface area contributed by atoms with E-state index in [0.29, 0.717) is 6.54 Å². The first kappa shape index (κ1) is 15.7. The largest absolute Gasteiger partial charge is 0.326 e. The number of sulfonamides is 1. The van der Waals surface area contributed by atoms with Crippen LogP contribution >= 0.6 is 11.6 Å². The van der Waals surface area contributed by atoms with Crippen LogP contribution in [0.4, 0.5) is 0 Å². The van der Waals surface area contributed by atoms with Crippen LogP contribution in [0.5, 0.6) is 0 Å². The van der Waals surface area contributed by atoms with Gasteiger partial charge in [-0.3, -0.25) is 0 Å². The predicted molar refractivity (Wildman–Crippen MR) is 80.2 cm³/mol. The van der Waals surface area contributed by atoms with Gasteiger partial charge in [0.15, 0.2) is 0 Å². The van der Waals surface area contributed by atoms with Crippen molar-refractivity contribution in [3.63, 3.8) is 0 Å². The van der Waals surface area contributed by atoms with Crippen LogP contribution in [0.25, 0.3) is 0 Å². The molecule has 3 N–H and O–H groups in total. The van der Waals surface area contributed by atoms with Gasteiger partial charge in [0, 0.05) is 12.6 Å². The predicted octanol–water partition coefficient (Wildman–Crippen LogP) is 1.17. The minimum atomic E-state index is -3.57. The molecule has 0 spiro atoms. The summed E-state index contributed by atoms with van der Waals surface area (Å²) in [6, 6.07) is 4.78. The van der Waals surface area contributed by atoms with E-state index < -0.39 is 10.0 Å². The maximum absolute atomic E-state index is 12.4. The molecule has 20 heavy (non-hydrogen) atoms. The lowest BCUT2D eigenvalue weighted by Gasteiger charge is -2.29. The summed E-state index contributed by atoms with van der Waals surface area (Å²) < 4.78 is 27.5. The lowest BCUT2D eigenvalue weighted by Crippen LogP contribution is -2.43. The van der Waals surface area contributed by atoms with Crippen LogP contribution in [-0.4, -0.2) is 39.5 Å². The molecule has 2 rings (SSSR count). The van der Waals surface area contributed by atoms with Crippen LogP contribution in [0.1, 0.15) is 18.4 Å². The topological polar surface area (TPSA) is 75.4 Å². The minimum Gasteiger partial charge on any atom is -0.326 e. The van der Waals surface area contributed by atoms with Crippen LogP contribution < -0.4 is 10.5 Å². The number of nitrogens with one attached hydrogen (secondary N) is 1. The number of benzene rings is 1. The molecule has 0 saturated carbocycles. The average molecular weight is 318 g/mol. The summed E-state index contributed by atoms with van der Waals surface area (Å²) in [5.41, 5.74) is 6.33. The Balaban J connectivity index is 2.14. The van der Waals surface area contributed by atoms with E-state index in [0.717, 1.165) is 31.5 Å². The first-order valence-corrected chi connectivity index (χ1v) is 8.48. The standard InChI is InChI=1S/C13H20ClN3O2S/c1-17-6-4-11(5-7-17)16-20(18,19)13-3-2-10(9-15)8-12(13)14/h2-3,8,11,16H,4-7,9,15H2,1H3. The van der Waals surface area contributed by atoms with Crippen molar-refractivity contribution in [1.29, 1.82) is 0 Å². The van der Waals surface area contributed by atoms with E-state index in [2.05, 4.69) is 9.62 Å². The number of nitrogens with zero attached hydrogens (tertiary/aromatic N) is 1. The van der Waals surface area contributed by atoms with E-state index in [-0.39, 0.29) is 16.0 Å². The SMILES string of the molecule is CN1CCC(NS(=O)(=O)c2ccc(CN)cc2Cl)CC1. The molecule has 1 fully saturated rings. The van der Waals surface area contributed by atoms with Crippen molar-refractivity contribution >= 4 is 21.6 Å². The van der Waals surface area contributed by atoms with Crippen molar-refractivity contribution in [3.8, 4) is 0 Å². The molecule has 0 aliphatic carbocycles. The molecule has 0 radical (unpaired) electrons. The summed E-state index contributed by atoms with van der Waals surface area (Å²) in [6.07, 6.45) is 1.63. The summed E-state index contributed by atoms with van der Waals surface area (Å²) >= 11 is 6.05. The summed E-state index contributed by atoms with van der Waals surface area (Å²) in [5.74, 6) is 0. The molecule has 0 bridgehead atoms. The van der Waals surface area contributed by atoms with Crippen molar-refractivity contribution < 1.29 is 8.42 Å². The maximum Gasteiger partial charge on any atom is 0.242 e. The van der Waals surface area contributed by atoms with Crippen LogP contribution in [0, 0.1) is 0 Å². The molecule has 5 nitrogen and oxygen atoms in total. The van der Waals surface area contributed by atoms with Crippen molar-refractivity contribution in [2.75, 3.05) is 20.1 Å². The number of halogens is 1. The number of nitrogens with two attached hydrogens (primary N) is 1. The molecule has 0 aromatic heterocycles. The van der Waals surface area contributed by atoms with E-state index >= 15 is 0 Å². The van der Waals surface area contributed by atoms with Gasteiger partial charge >= 0.3 is 0 Å². The van der Waals surface area contributed by atoms with Crippen LogP contribution in [0.15, 0.2) is 23.1 Å². The number of rotatable bonds is 4. The van der Waals surface area contributed by atoms with Gasteiger partial charge in [-0.25, -0.2) is 13.1 Å². The molecular weight excluding hydrogens is 298 g/mol. The molecule has 1 aliphatic rings. The zero-order valence-corrected chi connectivity index (χ0v) is 13.0. The number of likely N-dealkylation sites (tertiary alicyclic amines) is 1. The summed E-state index contributed by atoms with van der Waals surface area (Å²) in [5, 5.41) is 0.216. The Morgan fingerprint density at radius 1 is 1.40 bits per heavy atom. The quantitative estimate of drug-likeness (QED) is 0.874. The second kappa shape index (κ2) is 6.41. The van der Waals surface area contributed by atoms with Crippen LogP contribution in [-0.2, 0) is 16.6 Å². The fourth-order valence-electron chi connectivity index (χ4n) is 2.30. The van der Waals surface area contributed by atoms with Crippen LogP contribution in [0.3, 0.4) is 0 Å². The van der Waals surface area contributed by atoms with Crippen molar-refractivity contribution in [2.45, 2.75) is 30.3 Å². The van der Waals surface area contributed by atoms with Crippen molar-refractivity contribution in [2.24, 2.45) is 5.73 Å². The number of hydrogen-bond acceptors (Lipinski definition) is 4. The van der Waals surface area contributed by atoms with E-state index in [1.54, 1.807) is 12.1 Å². The van der Waals surface area contributed by atoms with Gasteiger partial charge < -0.3 is 10.6 Å². The van der Waals surface area contributed by atoms with Gasteiger partial charge in [-0.15, -0.1) is 0 Å². The lowest BCUT2D eigenvalue weighted by atomic mass is 10.1. The smallest absolute Gasteiger partial charge is 0.242 e. The summed E-state index contributed by atoms with van der Waals surface area (Å²) in [7, 11) is -1.54. The zero-order valence-electron chi connectivity index (χ0n) is 11.5. The second-order valence-electron chi connectivity index (χ2n) is 5.17. The van der Waals surface area contributed by atoms with Gasteiger partial charge in [-0.05, 0) is 50.7 Å². The molecule has 1 saturated heterocycles. The van der Waals surface area contributed by atoms with E-state index in [1.165, 1.54) is 6.07 Å². The van der Waals surface area contributed by atoms with Crippen molar-refractivity contribution in [3.05, 3.63) is 28.8 Å². The third-order valence-electron chi connectivity index (χ3n) is 3.56. The Kier molecular flexibility index (Phi) is 5.04. The minimum absolute atomic E-state index is 0.0264. The Labute approximate surface area is 125 Å². The highest BCUT2D eigenvalue weighted by atomic mass is 35.5. The molecule has 112 valence electrons. The molecular formula is C13H20ClN3O2S. The molecule has 0 unspecified atom stereocenters. The Morgan fingerprint density at radius 2 is 2.05 bits per heavy atom. The summed E-state index contributed by atoms with van der Waals surface area (Å²) in [6.45, 7) is 2.13. The van der Waals surface area contributed by atoms with E-state index in [9.17, 15) is 8.42 Å². The zero-order chi connectivity index (χ0) is 14.8. The van der Waals surface area contributed by atoms with Crippen molar-refractivity contribution in [1.82, 2.24) is 9.62 Å². The Bertz CT molecular complexity index is 569. The maximum atomic E-state index is 12.4. The molecule has 1 aromatic carbocycles.